The van der Waals surface area contributed by atoms with Crippen molar-refractivity contribution in [3.8, 4) is 0 Å². The molecule has 0 amide bonds. The molecular formula is C11H22O3. The molecule has 0 aromatic rings. The molecule has 1 aliphatic heterocycles. The minimum absolute atomic E-state index is 0.0560. The third-order valence-electron chi connectivity index (χ3n) is 2.96. The predicted molar refractivity (Wildman–Crippen MR) is 55.3 cm³/mol. The van der Waals surface area contributed by atoms with E-state index in [0.717, 1.165) is 25.9 Å². The number of hydrogen-bond donors (Lipinski definition) is 1. The lowest BCUT2D eigenvalue weighted by molar-refractivity contribution is -0.00726. The summed E-state index contributed by atoms with van der Waals surface area (Å²) in [5.74, 6) is 0. The van der Waals surface area contributed by atoms with Gasteiger partial charge < -0.3 is 14.6 Å². The molecule has 14 heavy (non-hydrogen) atoms. The Kier molecular flexibility index (Phi) is 5.45. The molecule has 0 aromatic carbocycles. The molecule has 0 bridgehead atoms. The van der Waals surface area contributed by atoms with Gasteiger partial charge >= 0.3 is 0 Å². The molecule has 3 nitrogen and oxygen atoms in total. The fourth-order valence-corrected chi connectivity index (χ4v) is 1.82. The van der Waals surface area contributed by atoms with Crippen molar-refractivity contribution < 1.29 is 14.6 Å². The van der Waals surface area contributed by atoms with Gasteiger partial charge in [-0.1, -0.05) is 0 Å². The quantitative estimate of drug-likeness (QED) is 0.713. The van der Waals surface area contributed by atoms with Gasteiger partial charge in [-0.25, -0.2) is 0 Å². The fourth-order valence-electron chi connectivity index (χ4n) is 1.82. The van der Waals surface area contributed by atoms with E-state index in [2.05, 4.69) is 0 Å². The van der Waals surface area contributed by atoms with E-state index in [1.54, 1.807) is 7.11 Å². The molecular weight excluding hydrogens is 180 g/mol. The number of methoxy groups -OCH3 is 1. The Morgan fingerprint density at radius 2 is 2.36 bits per heavy atom. The Hall–Kier alpha value is -0.120. The lowest BCUT2D eigenvalue weighted by Gasteiger charge is -2.17. The first-order valence-corrected chi connectivity index (χ1v) is 5.56. The van der Waals surface area contributed by atoms with Gasteiger partial charge in [-0.15, -0.1) is 0 Å². The Morgan fingerprint density at radius 3 is 2.93 bits per heavy atom. The van der Waals surface area contributed by atoms with Gasteiger partial charge in [0, 0.05) is 13.7 Å². The van der Waals surface area contributed by atoms with Crippen molar-refractivity contribution >= 4 is 0 Å². The van der Waals surface area contributed by atoms with Gasteiger partial charge in [0.15, 0.2) is 0 Å². The molecule has 1 aliphatic rings. The second-order valence-corrected chi connectivity index (χ2v) is 4.07. The van der Waals surface area contributed by atoms with Crippen molar-refractivity contribution in [2.75, 3.05) is 13.7 Å². The van der Waals surface area contributed by atoms with E-state index >= 15 is 0 Å². The highest BCUT2D eigenvalue weighted by molar-refractivity contribution is 4.68. The van der Waals surface area contributed by atoms with Crippen LogP contribution >= 0.6 is 0 Å². The molecule has 0 aliphatic carbocycles. The maximum absolute atomic E-state index is 9.63. The highest BCUT2D eigenvalue weighted by Crippen LogP contribution is 2.18. The average Bonchev–Trinajstić information content (AvgIpc) is 2.69. The molecule has 0 aromatic heterocycles. The molecule has 3 atom stereocenters. The summed E-state index contributed by atoms with van der Waals surface area (Å²) in [4.78, 5) is 0. The molecule has 1 saturated heterocycles. The second-order valence-electron chi connectivity index (χ2n) is 4.07. The lowest BCUT2D eigenvalue weighted by Crippen LogP contribution is -2.24. The zero-order chi connectivity index (χ0) is 10.4. The number of ether oxygens (including phenoxy) is 2. The largest absolute Gasteiger partial charge is 0.390 e. The maximum atomic E-state index is 9.63. The Labute approximate surface area is 86.4 Å². The van der Waals surface area contributed by atoms with Crippen molar-refractivity contribution in [3.63, 3.8) is 0 Å². The monoisotopic (exact) mass is 202 g/mol. The molecule has 3 heteroatoms. The number of hydrogen-bond acceptors (Lipinski definition) is 3. The molecule has 1 fully saturated rings. The van der Waals surface area contributed by atoms with Gasteiger partial charge in [-0.05, 0) is 39.0 Å². The van der Waals surface area contributed by atoms with E-state index in [-0.39, 0.29) is 12.2 Å². The van der Waals surface area contributed by atoms with Crippen LogP contribution in [0.5, 0.6) is 0 Å². The van der Waals surface area contributed by atoms with Crippen molar-refractivity contribution in [1.29, 1.82) is 0 Å². The third kappa shape index (κ3) is 3.95. The number of aliphatic hydroxyl groups excluding tert-OH is 1. The summed E-state index contributed by atoms with van der Waals surface area (Å²) in [6, 6.07) is 0. The molecule has 0 saturated carbocycles. The van der Waals surface area contributed by atoms with Gasteiger partial charge in [-0.2, -0.15) is 0 Å². The average molecular weight is 202 g/mol. The second kappa shape index (κ2) is 6.38. The standard InChI is InChI=1S/C11H22O3/c1-9(13-2)11(12)7-3-5-10-6-4-8-14-10/h9-12H,3-8H2,1-2H3. The van der Waals surface area contributed by atoms with Crippen molar-refractivity contribution in [1.82, 2.24) is 0 Å². The minimum Gasteiger partial charge on any atom is -0.390 e. The molecule has 3 unspecified atom stereocenters. The van der Waals surface area contributed by atoms with E-state index in [4.69, 9.17) is 9.47 Å². The molecule has 0 radical (unpaired) electrons. The van der Waals surface area contributed by atoms with Gasteiger partial charge in [0.25, 0.3) is 0 Å². The number of aliphatic hydroxyl groups is 1. The van der Waals surface area contributed by atoms with Crippen LogP contribution in [0.4, 0.5) is 0 Å². The fraction of sp³-hybridized carbons (Fsp3) is 1.00. The summed E-state index contributed by atoms with van der Waals surface area (Å²) in [6.07, 6.45) is 5.36. The van der Waals surface area contributed by atoms with Crippen LogP contribution in [0, 0.1) is 0 Å². The Bertz CT molecular complexity index is 143. The molecule has 0 spiro atoms. The normalized spacial score (nSPS) is 26.4. The summed E-state index contributed by atoms with van der Waals surface area (Å²) in [6.45, 7) is 2.82. The molecule has 84 valence electrons. The predicted octanol–water partition coefficient (Wildman–Crippen LogP) is 1.73. The van der Waals surface area contributed by atoms with Crippen LogP contribution in [0.25, 0.3) is 0 Å². The Balaban J connectivity index is 2.02. The molecule has 1 rings (SSSR count). The highest BCUT2D eigenvalue weighted by atomic mass is 16.5. The molecule has 1 heterocycles. The van der Waals surface area contributed by atoms with Crippen molar-refractivity contribution in [3.05, 3.63) is 0 Å². The first-order valence-electron chi connectivity index (χ1n) is 5.56. The van der Waals surface area contributed by atoms with Crippen LogP contribution < -0.4 is 0 Å². The minimum atomic E-state index is -0.332. The lowest BCUT2D eigenvalue weighted by atomic mass is 10.0. The summed E-state index contributed by atoms with van der Waals surface area (Å²) >= 11 is 0. The molecule has 1 N–H and O–H groups in total. The number of rotatable bonds is 6. The summed E-state index contributed by atoms with van der Waals surface area (Å²) < 4.78 is 10.6. The SMILES string of the molecule is COC(C)C(O)CCCC1CCCO1. The maximum Gasteiger partial charge on any atom is 0.0802 e. The first kappa shape index (κ1) is 12.0. The van der Waals surface area contributed by atoms with E-state index < -0.39 is 0 Å². The van der Waals surface area contributed by atoms with Crippen molar-refractivity contribution in [2.24, 2.45) is 0 Å². The first-order chi connectivity index (χ1) is 6.74. The van der Waals surface area contributed by atoms with Crippen LogP contribution in [0.1, 0.15) is 39.0 Å². The summed E-state index contributed by atoms with van der Waals surface area (Å²) in [7, 11) is 1.63. The van der Waals surface area contributed by atoms with Gasteiger partial charge in [0.05, 0.1) is 18.3 Å². The third-order valence-corrected chi connectivity index (χ3v) is 2.96. The van der Waals surface area contributed by atoms with Crippen LogP contribution in [0.2, 0.25) is 0 Å². The Morgan fingerprint density at radius 1 is 1.57 bits per heavy atom. The van der Waals surface area contributed by atoms with E-state index in [9.17, 15) is 5.11 Å². The van der Waals surface area contributed by atoms with Gasteiger partial charge in [0.2, 0.25) is 0 Å². The topological polar surface area (TPSA) is 38.7 Å². The van der Waals surface area contributed by atoms with Crippen LogP contribution in [0.3, 0.4) is 0 Å². The van der Waals surface area contributed by atoms with Crippen LogP contribution in [0.15, 0.2) is 0 Å². The van der Waals surface area contributed by atoms with E-state index in [1.165, 1.54) is 12.8 Å². The summed E-state index contributed by atoms with van der Waals surface area (Å²) in [5, 5.41) is 9.63. The van der Waals surface area contributed by atoms with E-state index in [1.807, 2.05) is 6.92 Å². The van der Waals surface area contributed by atoms with E-state index in [0.29, 0.717) is 6.10 Å². The van der Waals surface area contributed by atoms with Gasteiger partial charge in [-0.3, -0.25) is 0 Å². The smallest absolute Gasteiger partial charge is 0.0802 e. The van der Waals surface area contributed by atoms with Crippen LogP contribution in [-0.4, -0.2) is 37.1 Å². The summed E-state index contributed by atoms with van der Waals surface area (Å²) in [5.41, 5.74) is 0. The van der Waals surface area contributed by atoms with Gasteiger partial charge in [0.1, 0.15) is 0 Å². The zero-order valence-electron chi connectivity index (χ0n) is 9.24. The highest BCUT2D eigenvalue weighted by Gasteiger charge is 2.17. The zero-order valence-corrected chi connectivity index (χ0v) is 9.24. The van der Waals surface area contributed by atoms with Crippen LogP contribution in [-0.2, 0) is 9.47 Å². The van der Waals surface area contributed by atoms with Crippen molar-refractivity contribution in [2.45, 2.75) is 57.3 Å².